The van der Waals surface area contributed by atoms with Gasteiger partial charge in [-0.05, 0) is 39.2 Å². The highest BCUT2D eigenvalue weighted by Gasteiger charge is 2.23. The van der Waals surface area contributed by atoms with Crippen LogP contribution >= 0.6 is 11.8 Å². The summed E-state index contributed by atoms with van der Waals surface area (Å²) in [5, 5.41) is 0. The molecule has 0 radical (unpaired) electrons. The highest BCUT2D eigenvalue weighted by molar-refractivity contribution is 7.99. The van der Waals surface area contributed by atoms with E-state index in [2.05, 4.69) is 46.0 Å². The monoisotopic (exact) mass is 286 g/mol. The van der Waals surface area contributed by atoms with Crippen molar-refractivity contribution in [1.82, 2.24) is 14.9 Å². The number of nitrogens with zero attached hydrogens (tertiary/aromatic N) is 4. The van der Waals surface area contributed by atoms with Crippen molar-refractivity contribution in [3.63, 3.8) is 0 Å². The van der Waals surface area contributed by atoms with Crippen molar-refractivity contribution in [2.45, 2.75) is 16.2 Å². The average Bonchev–Trinajstić information content (AvgIpc) is 2.46. The third kappa shape index (κ3) is 2.64. The van der Waals surface area contributed by atoms with E-state index in [-0.39, 0.29) is 0 Å². The SMILES string of the molecule is CN(C)CCCN1c2ccncc2Sc2ccncc21. The van der Waals surface area contributed by atoms with Gasteiger partial charge in [-0.1, -0.05) is 11.8 Å². The van der Waals surface area contributed by atoms with Gasteiger partial charge in [-0.25, -0.2) is 0 Å². The largest absolute Gasteiger partial charge is 0.338 e. The highest BCUT2D eigenvalue weighted by atomic mass is 32.2. The van der Waals surface area contributed by atoms with Crippen LogP contribution in [-0.4, -0.2) is 42.1 Å². The molecule has 0 unspecified atom stereocenters. The Balaban J connectivity index is 1.91. The number of aromatic nitrogens is 2. The number of fused-ring (bicyclic) bond motifs is 2. The van der Waals surface area contributed by atoms with Crippen molar-refractivity contribution in [3.05, 3.63) is 36.9 Å². The van der Waals surface area contributed by atoms with Crippen molar-refractivity contribution in [1.29, 1.82) is 0 Å². The first-order valence-corrected chi connectivity index (χ1v) is 7.55. The third-order valence-electron chi connectivity index (χ3n) is 3.31. The predicted molar refractivity (Wildman–Crippen MR) is 82.8 cm³/mol. The molecule has 2 aromatic heterocycles. The minimum Gasteiger partial charge on any atom is -0.338 e. The molecule has 104 valence electrons. The van der Waals surface area contributed by atoms with Gasteiger partial charge in [0.25, 0.3) is 0 Å². The lowest BCUT2D eigenvalue weighted by atomic mass is 10.2. The Morgan fingerprint density at radius 2 is 1.85 bits per heavy atom. The van der Waals surface area contributed by atoms with Crippen LogP contribution in [0.25, 0.3) is 0 Å². The van der Waals surface area contributed by atoms with Crippen molar-refractivity contribution in [3.8, 4) is 0 Å². The van der Waals surface area contributed by atoms with Gasteiger partial charge < -0.3 is 9.80 Å². The van der Waals surface area contributed by atoms with E-state index in [4.69, 9.17) is 0 Å². The van der Waals surface area contributed by atoms with Crippen LogP contribution < -0.4 is 4.90 Å². The average molecular weight is 286 g/mol. The van der Waals surface area contributed by atoms with Crippen LogP contribution in [0.3, 0.4) is 0 Å². The van der Waals surface area contributed by atoms with Crippen molar-refractivity contribution < 1.29 is 0 Å². The molecule has 2 aromatic rings. The lowest BCUT2D eigenvalue weighted by Gasteiger charge is -2.32. The Bertz CT molecular complexity index is 554. The van der Waals surface area contributed by atoms with Gasteiger partial charge in [-0.15, -0.1) is 0 Å². The quantitative estimate of drug-likeness (QED) is 0.862. The van der Waals surface area contributed by atoms with Crippen LogP contribution in [0.5, 0.6) is 0 Å². The summed E-state index contributed by atoms with van der Waals surface area (Å²) in [6, 6.07) is 4.17. The minimum absolute atomic E-state index is 0.994. The topological polar surface area (TPSA) is 32.3 Å². The summed E-state index contributed by atoms with van der Waals surface area (Å²) in [7, 11) is 4.22. The van der Waals surface area contributed by atoms with Crippen LogP contribution in [0.2, 0.25) is 0 Å². The molecule has 3 rings (SSSR count). The van der Waals surface area contributed by atoms with Crippen LogP contribution in [0.1, 0.15) is 6.42 Å². The molecule has 1 aliphatic heterocycles. The Hall–Kier alpha value is -1.59. The fourth-order valence-corrected chi connectivity index (χ4v) is 3.40. The van der Waals surface area contributed by atoms with Gasteiger partial charge in [0.2, 0.25) is 0 Å². The number of hydrogen-bond acceptors (Lipinski definition) is 5. The summed E-state index contributed by atoms with van der Waals surface area (Å²) >= 11 is 1.77. The molecular formula is C15H18N4S. The Morgan fingerprint density at radius 1 is 1.05 bits per heavy atom. The molecule has 5 heteroatoms. The molecule has 0 aliphatic carbocycles. The normalized spacial score (nSPS) is 13.2. The Kier molecular flexibility index (Phi) is 3.89. The maximum absolute atomic E-state index is 4.28. The van der Waals surface area contributed by atoms with Crippen LogP contribution in [0.4, 0.5) is 11.4 Å². The number of hydrogen-bond donors (Lipinski definition) is 0. The van der Waals surface area contributed by atoms with E-state index in [0.29, 0.717) is 0 Å². The van der Waals surface area contributed by atoms with Crippen LogP contribution in [0.15, 0.2) is 46.7 Å². The van der Waals surface area contributed by atoms with E-state index in [1.54, 1.807) is 11.8 Å². The molecular weight excluding hydrogens is 268 g/mol. The van der Waals surface area contributed by atoms with Gasteiger partial charge in [0.05, 0.1) is 22.5 Å². The molecule has 3 heterocycles. The molecule has 0 atom stereocenters. The fourth-order valence-electron chi connectivity index (χ4n) is 2.37. The number of rotatable bonds is 4. The zero-order valence-corrected chi connectivity index (χ0v) is 12.6. The Labute approximate surface area is 123 Å². The first-order valence-electron chi connectivity index (χ1n) is 6.74. The minimum atomic E-state index is 0.994. The van der Waals surface area contributed by atoms with Crippen molar-refractivity contribution in [2.24, 2.45) is 0 Å². The summed E-state index contributed by atoms with van der Waals surface area (Å²) in [6.07, 6.45) is 8.74. The maximum atomic E-state index is 4.28. The maximum Gasteiger partial charge on any atom is 0.0739 e. The van der Waals surface area contributed by atoms with Gasteiger partial charge in [-0.2, -0.15) is 0 Å². The summed E-state index contributed by atoms with van der Waals surface area (Å²) in [5.41, 5.74) is 2.44. The van der Waals surface area contributed by atoms with Crippen LogP contribution in [0, 0.1) is 0 Å². The van der Waals surface area contributed by atoms with Crippen molar-refractivity contribution in [2.75, 3.05) is 32.1 Å². The predicted octanol–water partition coefficient (Wildman–Crippen LogP) is 3.03. The number of anilines is 2. The van der Waals surface area contributed by atoms with E-state index < -0.39 is 0 Å². The molecule has 0 fully saturated rings. The molecule has 4 nitrogen and oxygen atoms in total. The van der Waals surface area contributed by atoms with E-state index in [1.807, 2.05) is 24.8 Å². The molecule has 0 saturated heterocycles. The van der Waals surface area contributed by atoms with Gasteiger partial charge >= 0.3 is 0 Å². The van der Waals surface area contributed by atoms with E-state index in [9.17, 15) is 0 Å². The molecule has 0 aromatic carbocycles. The second-order valence-electron chi connectivity index (χ2n) is 5.10. The number of pyridine rings is 2. The summed E-state index contributed by atoms with van der Waals surface area (Å²) < 4.78 is 0. The van der Waals surface area contributed by atoms with Gasteiger partial charge in [-0.3, -0.25) is 9.97 Å². The molecule has 0 spiro atoms. The van der Waals surface area contributed by atoms with Gasteiger partial charge in [0, 0.05) is 30.0 Å². The second kappa shape index (κ2) is 5.81. The zero-order valence-electron chi connectivity index (χ0n) is 11.8. The molecule has 0 N–H and O–H groups in total. The zero-order chi connectivity index (χ0) is 13.9. The first-order chi connectivity index (χ1) is 9.75. The van der Waals surface area contributed by atoms with E-state index >= 15 is 0 Å². The fraction of sp³-hybridized carbons (Fsp3) is 0.333. The summed E-state index contributed by atoms with van der Waals surface area (Å²) in [4.78, 5) is 15.6. The molecule has 1 aliphatic rings. The van der Waals surface area contributed by atoms with E-state index in [0.717, 1.165) is 19.5 Å². The van der Waals surface area contributed by atoms with Gasteiger partial charge in [0.1, 0.15) is 0 Å². The molecule has 20 heavy (non-hydrogen) atoms. The smallest absolute Gasteiger partial charge is 0.0739 e. The van der Waals surface area contributed by atoms with Crippen molar-refractivity contribution >= 4 is 23.1 Å². The lowest BCUT2D eigenvalue weighted by Crippen LogP contribution is -2.25. The third-order valence-corrected chi connectivity index (χ3v) is 4.41. The standard InChI is InChI=1S/C15H18N4S/c1-18(2)8-3-9-19-12-4-6-17-11-15(12)20-14-5-7-16-10-13(14)19/h4-7,10-11H,3,8-9H2,1-2H3. The lowest BCUT2D eigenvalue weighted by molar-refractivity contribution is 0.402. The molecule has 0 bridgehead atoms. The van der Waals surface area contributed by atoms with Gasteiger partial charge in [0.15, 0.2) is 0 Å². The summed E-state index contributed by atoms with van der Waals surface area (Å²) in [5.74, 6) is 0. The van der Waals surface area contributed by atoms with E-state index in [1.165, 1.54) is 21.2 Å². The Morgan fingerprint density at radius 3 is 2.70 bits per heavy atom. The first kappa shape index (κ1) is 13.4. The summed E-state index contributed by atoms with van der Waals surface area (Å²) in [6.45, 7) is 2.08. The molecule has 0 saturated carbocycles. The second-order valence-corrected chi connectivity index (χ2v) is 6.18. The highest BCUT2D eigenvalue weighted by Crippen LogP contribution is 2.47. The molecule has 0 amide bonds. The van der Waals surface area contributed by atoms with Crippen LogP contribution in [-0.2, 0) is 0 Å².